The summed E-state index contributed by atoms with van der Waals surface area (Å²) in [5, 5.41) is 0. The second-order valence-electron chi connectivity index (χ2n) is 8.17. The van der Waals surface area contributed by atoms with E-state index >= 15 is 0 Å². The number of likely N-dealkylation sites (tertiary alicyclic amines) is 1. The highest BCUT2D eigenvalue weighted by atomic mass is 16.2. The first-order valence-corrected chi connectivity index (χ1v) is 8.78. The van der Waals surface area contributed by atoms with E-state index in [0.717, 1.165) is 32.4 Å². The Morgan fingerprint density at radius 3 is 2.52 bits per heavy atom. The van der Waals surface area contributed by atoms with Crippen molar-refractivity contribution in [2.24, 2.45) is 11.3 Å². The van der Waals surface area contributed by atoms with Crippen LogP contribution in [0.15, 0.2) is 27.8 Å². The molecule has 0 spiro atoms. The number of benzene rings is 1. The summed E-state index contributed by atoms with van der Waals surface area (Å²) in [6.07, 6.45) is 3.34. The van der Waals surface area contributed by atoms with Gasteiger partial charge in [-0.3, -0.25) is 14.4 Å². The van der Waals surface area contributed by atoms with Gasteiger partial charge in [0.2, 0.25) is 0 Å². The molecule has 25 heavy (non-hydrogen) atoms. The maximum absolute atomic E-state index is 12.8. The minimum atomic E-state index is -0.708. The van der Waals surface area contributed by atoms with Gasteiger partial charge in [0.25, 0.3) is 5.91 Å². The molecule has 3 rings (SSSR count). The van der Waals surface area contributed by atoms with Crippen molar-refractivity contribution < 1.29 is 4.79 Å². The first kappa shape index (κ1) is 17.5. The normalized spacial score (nSPS) is 18.0. The Hall–Kier alpha value is -2.37. The van der Waals surface area contributed by atoms with E-state index in [4.69, 9.17) is 0 Å². The molecular weight excluding hydrogens is 318 g/mol. The summed E-state index contributed by atoms with van der Waals surface area (Å²) in [5.41, 5.74) is 0.447. The van der Waals surface area contributed by atoms with Crippen LogP contribution in [-0.4, -0.2) is 33.9 Å². The standard InChI is InChI=1S/C19H25N3O3/c1-19(2,3)8-6-12-7-9-22(11-12)18(25)13-4-5-14-15(10-13)21-17(24)16(23)20-14/h4-5,10,12H,6-9,11H2,1-3H3,(H,20,23)(H,21,24). The third kappa shape index (κ3) is 4.00. The molecule has 0 radical (unpaired) electrons. The fraction of sp³-hybridized carbons (Fsp3) is 0.526. The molecule has 1 atom stereocenters. The van der Waals surface area contributed by atoms with E-state index < -0.39 is 11.1 Å². The predicted octanol–water partition coefficient (Wildman–Crippen LogP) is 2.50. The Morgan fingerprint density at radius 1 is 1.16 bits per heavy atom. The number of amides is 1. The minimum Gasteiger partial charge on any atom is -0.338 e. The van der Waals surface area contributed by atoms with E-state index in [1.54, 1.807) is 18.2 Å². The van der Waals surface area contributed by atoms with Crippen molar-refractivity contribution in [1.29, 1.82) is 0 Å². The number of carbonyl (C=O) groups is 1. The molecule has 1 aliphatic heterocycles. The number of aromatic nitrogens is 2. The maximum atomic E-state index is 12.8. The third-order valence-corrected chi connectivity index (χ3v) is 4.84. The topological polar surface area (TPSA) is 86.0 Å². The van der Waals surface area contributed by atoms with Gasteiger partial charge in [0.15, 0.2) is 0 Å². The predicted molar refractivity (Wildman–Crippen MR) is 97.9 cm³/mol. The Balaban J connectivity index is 1.73. The molecule has 1 unspecified atom stereocenters. The fourth-order valence-electron chi connectivity index (χ4n) is 3.32. The molecule has 1 aromatic heterocycles. The number of aromatic amines is 2. The van der Waals surface area contributed by atoms with Gasteiger partial charge in [-0.2, -0.15) is 0 Å². The van der Waals surface area contributed by atoms with Crippen molar-refractivity contribution in [2.45, 2.75) is 40.0 Å². The molecule has 2 heterocycles. The van der Waals surface area contributed by atoms with Gasteiger partial charge in [-0.05, 0) is 48.8 Å². The number of fused-ring (bicyclic) bond motifs is 1. The molecular formula is C19H25N3O3. The van der Waals surface area contributed by atoms with Crippen LogP contribution in [0.2, 0.25) is 0 Å². The Bertz CT molecular complexity index is 904. The second-order valence-corrected chi connectivity index (χ2v) is 8.17. The lowest BCUT2D eigenvalue weighted by Gasteiger charge is -2.21. The zero-order valence-electron chi connectivity index (χ0n) is 15.0. The van der Waals surface area contributed by atoms with Crippen LogP contribution in [0.4, 0.5) is 0 Å². The van der Waals surface area contributed by atoms with Crippen LogP contribution in [-0.2, 0) is 0 Å². The van der Waals surface area contributed by atoms with Crippen molar-refractivity contribution in [3.05, 3.63) is 44.5 Å². The molecule has 1 fully saturated rings. The number of hydrogen-bond acceptors (Lipinski definition) is 3. The Kier molecular flexibility index (Phi) is 4.54. The van der Waals surface area contributed by atoms with Crippen molar-refractivity contribution in [3.63, 3.8) is 0 Å². The summed E-state index contributed by atoms with van der Waals surface area (Å²) in [4.78, 5) is 42.5. The molecule has 1 amide bonds. The number of hydrogen-bond donors (Lipinski definition) is 2. The molecule has 6 heteroatoms. The van der Waals surface area contributed by atoms with Crippen LogP contribution in [0.5, 0.6) is 0 Å². The smallest absolute Gasteiger partial charge is 0.314 e. The molecule has 0 aliphatic carbocycles. The van der Waals surface area contributed by atoms with Crippen molar-refractivity contribution in [3.8, 4) is 0 Å². The monoisotopic (exact) mass is 343 g/mol. The summed E-state index contributed by atoms with van der Waals surface area (Å²) in [7, 11) is 0. The van der Waals surface area contributed by atoms with E-state index in [0.29, 0.717) is 27.9 Å². The van der Waals surface area contributed by atoms with Crippen molar-refractivity contribution in [1.82, 2.24) is 14.9 Å². The van der Waals surface area contributed by atoms with Crippen LogP contribution in [0.1, 0.15) is 50.4 Å². The summed E-state index contributed by atoms with van der Waals surface area (Å²) >= 11 is 0. The summed E-state index contributed by atoms with van der Waals surface area (Å²) < 4.78 is 0. The zero-order chi connectivity index (χ0) is 18.2. The number of carbonyl (C=O) groups excluding carboxylic acids is 1. The van der Waals surface area contributed by atoms with Crippen LogP contribution >= 0.6 is 0 Å². The first-order chi connectivity index (χ1) is 11.7. The molecule has 2 aromatic rings. The average molecular weight is 343 g/mol. The molecule has 0 saturated carbocycles. The van der Waals surface area contributed by atoms with Crippen LogP contribution in [0.3, 0.4) is 0 Å². The molecule has 1 saturated heterocycles. The molecule has 1 aliphatic rings. The van der Waals surface area contributed by atoms with Crippen molar-refractivity contribution >= 4 is 16.9 Å². The highest BCUT2D eigenvalue weighted by Crippen LogP contribution is 2.29. The van der Waals surface area contributed by atoms with E-state index in [-0.39, 0.29) is 5.91 Å². The highest BCUT2D eigenvalue weighted by Gasteiger charge is 2.28. The van der Waals surface area contributed by atoms with Gasteiger partial charge < -0.3 is 14.9 Å². The van der Waals surface area contributed by atoms with Crippen molar-refractivity contribution in [2.75, 3.05) is 13.1 Å². The SMILES string of the molecule is CC(C)(C)CCC1CCN(C(=O)c2ccc3[nH]c(=O)c(=O)[nH]c3c2)C1. The quantitative estimate of drug-likeness (QED) is 0.840. The molecule has 1 aromatic carbocycles. The number of nitrogens with zero attached hydrogens (tertiary/aromatic N) is 1. The second kappa shape index (κ2) is 6.50. The Morgan fingerprint density at radius 2 is 1.84 bits per heavy atom. The lowest BCUT2D eigenvalue weighted by molar-refractivity contribution is 0.0786. The van der Waals surface area contributed by atoms with E-state index in [1.165, 1.54) is 0 Å². The third-order valence-electron chi connectivity index (χ3n) is 4.84. The lowest BCUT2D eigenvalue weighted by atomic mass is 9.86. The summed E-state index contributed by atoms with van der Waals surface area (Å²) in [6, 6.07) is 4.99. The molecule has 134 valence electrons. The first-order valence-electron chi connectivity index (χ1n) is 8.78. The minimum absolute atomic E-state index is 0.0211. The van der Waals surface area contributed by atoms with Crippen LogP contribution < -0.4 is 11.1 Å². The highest BCUT2D eigenvalue weighted by molar-refractivity contribution is 5.97. The van der Waals surface area contributed by atoms with Gasteiger partial charge in [-0.25, -0.2) is 0 Å². The zero-order valence-corrected chi connectivity index (χ0v) is 15.0. The van der Waals surface area contributed by atoms with E-state index in [2.05, 4.69) is 30.7 Å². The van der Waals surface area contributed by atoms with Crippen LogP contribution in [0, 0.1) is 11.3 Å². The van der Waals surface area contributed by atoms with Gasteiger partial charge in [0.05, 0.1) is 11.0 Å². The van der Waals surface area contributed by atoms with E-state index in [9.17, 15) is 14.4 Å². The van der Waals surface area contributed by atoms with Gasteiger partial charge in [-0.15, -0.1) is 0 Å². The Labute approximate surface area is 146 Å². The number of nitrogens with one attached hydrogen (secondary N) is 2. The molecule has 2 N–H and O–H groups in total. The molecule has 0 bridgehead atoms. The van der Waals surface area contributed by atoms with Gasteiger partial charge in [0.1, 0.15) is 0 Å². The lowest BCUT2D eigenvalue weighted by Crippen LogP contribution is -2.30. The van der Waals surface area contributed by atoms with Crippen LogP contribution in [0.25, 0.3) is 11.0 Å². The number of rotatable bonds is 3. The summed E-state index contributed by atoms with van der Waals surface area (Å²) in [5.74, 6) is 0.534. The largest absolute Gasteiger partial charge is 0.338 e. The number of H-pyrrole nitrogens is 2. The maximum Gasteiger partial charge on any atom is 0.314 e. The van der Waals surface area contributed by atoms with E-state index in [1.807, 2.05) is 4.90 Å². The van der Waals surface area contributed by atoms with Gasteiger partial charge >= 0.3 is 11.1 Å². The molecule has 6 nitrogen and oxygen atoms in total. The van der Waals surface area contributed by atoms with Gasteiger partial charge in [0, 0.05) is 18.7 Å². The van der Waals surface area contributed by atoms with Gasteiger partial charge in [-0.1, -0.05) is 20.8 Å². The summed E-state index contributed by atoms with van der Waals surface area (Å²) in [6.45, 7) is 8.28. The fourth-order valence-corrected chi connectivity index (χ4v) is 3.32. The average Bonchev–Trinajstić information content (AvgIpc) is 3.01.